The summed E-state index contributed by atoms with van der Waals surface area (Å²) < 4.78 is 0. The molecule has 0 aromatic heterocycles. The molecule has 1 aliphatic heterocycles. The van der Waals surface area contributed by atoms with Gasteiger partial charge in [0.1, 0.15) is 5.78 Å². The Morgan fingerprint density at radius 1 is 1.27 bits per heavy atom. The molecule has 2 unspecified atom stereocenters. The summed E-state index contributed by atoms with van der Waals surface area (Å²) in [6.07, 6.45) is 0.952. The number of nitrogens with zero attached hydrogens (tertiary/aromatic N) is 1. The second kappa shape index (κ2) is 5.61. The second-order valence-electron chi connectivity index (χ2n) is 5.06. The molecule has 0 aromatic rings. The van der Waals surface area contributed by atoms with Crippen LogP contribution in [0.15, 0.2) is 0 Å². The maximum Gasteiger partial charge on any atom is 0.136 e. The van der Waals surface area contributed by atoms with Gasteiger partial charge >= 0.3 is 0 Å². The quantitative estimate of drug-likeness (QED) is 0.675. The third-order valence-electron chi connectivity index (χ3n) is 2.71. The van der Waals surface area contributed by atoms with Crippen LogP contribution in [0.25, 0.3) is 0 Å². The summed E-state index contributed by atoms with van der Waals surface area (Å²) in [6, 6.07) is -0.0748. The normalized spacial score (nSPS) is 28.3. The molecular weight excluding hydrogens is 190 g/mol. The standard InChI is InChI=1S/C10H19NO2.C2H6/c1-7-5-8(12)6-9(11(7)13)10(2,3)4;1-2/h7,9,13H,5-6H2,1-4H3;1-2H3. The number of carbonyl (C=O) groups excluding carboxylic acids is 1. The van der Waals surface area contributed by atoms with E-state index in [0.717, 1.165) is 0 Å². The summed E-state index contributed by atoms with van der Waals surface area (Å²) in [4.78, 5) is 11.3. The van der Waals surface area contributed by atoms with Gasteiger partial charge in [0, 0.05) is 24.9 Å². The molecule has 3 nitrogen and oxygen atoms in total. The Bertz CT molecular complexity index is 208. The highest BCUT2D eigenvalue weighted by Gasteiger charge is 2.38. The number of Topliss-reactive ketones (excluding diaryl/α,β-unsaturated/α-hetero) is 1. The largest absolute Gasteiger partial charge is 0.313 e. The van der Waals surface area contributed by atoms with Gasteiger partial charge in [-0.2, -0.15) is 5.06 Å². The molecule has 1 saturated heterocycles. The van der Waals surface area contributed by atoms with Crippen LogP contribution in [-0.2, 0) is 4.79 Å². The van der Waals surface area contributed by atoms with Crippen LogP contribution in [0.1, 0.15) is 54.4 Å². The van der Waals surface area contributed by atoms with E-state index in [1.807, 2.05) is 41.5 Å². The molecule has 0 saturated carbocycles. The van der Waals surface area contributed by atoms with E-state index in [9.17, 15) is 10.0 Å². The van der Waals surface area contributed by atoms with Crippen LogP contribution in [0, 0.1) is 5.41 Å². The average molecular weight is 215 g/mol. The van der Waals surface area contributed by atoms with Gasteiger partial charge in [-0.15, -0.1) is 0 Å². The third-order valence-corrected chi connectivity index (χ3v) is 2.71. The number of rotatable bonds is 0. The highest BCUT2D eigenvalue weighted by atomic mass is 16.5. The molecule has 90 valence electrons. The van der Waals surface area contributed by atoms with Crippen molar-refractivity contribution in [1.82, 2.24) is 5.06 Å². The van der Waals surface area contributed by atoms with Gasteiger partial charge in [-0.25, -0.2) is 0 Å². The van der Waals surface area contributed by atoms with Gasteiger partial charge in [0.05, 0.1) is 0 Å². The molecule has 0 aromatic carbocycles. The van der Waals surface area contributed by atoms with E-state index in [2.05, 4.69) is 0 Å². The molecule has 1 fully saturated rings. The van der Waals surface area contributed by atoms with Gasteiger partial charge in [0.15, 0.2) is 0 Å². The molecule has 0 radical (unpaired) electrons. The minimum Gasteiger partial charge on any atom is -0.313 e. The number of hydrogen-bond donors (Lipinski definition) is 1. The summed E-state index contributed by atoms with van der Waals surface area (Å²) >= 11 is 0. The van der Waals surface area contributed by atoms with Gasteiger partial charge in [0.2, 0.25) is 0 Å². The summed E-state index contributed by atoms with van der Waals surface area (Å²) in [5.74, 6) is 0.262. The van der Waals surface area contributed by atoms with E-state index in [-0.39, 0.29) is 23.3 Å². The first-order chi connectivity index (χ1) is 6.82. The molecular formula is C12H25NO2. The lowest BCUT2D eigenvalue weighted by molar-refractivity contribution is -0.197. The van der Waals surface area contributed by atoms with Crippen LogP contribution in [0.3, 0.4) is 0 Å². The summed E-state index contributed by atoms with van der Waals surface area (Å²) in [7, 11) is 0. The number of hydrogen-bond acceptors (Lipinski definition) is 3. The van der Waals surface area contributed by atoms with Gasteiger partial charge in [-0.3, -0.25) is 4.79 Å². The Kier molecular flexibility index (Phi) is 5.46. The fourth-order valence-corrected chi connectivity index (χ4v) is 1.83. The van der Waals surface area contributed by atoms with Gasteiger partial charge < -0.3 is 5.21 Å². The molecule has 1 aliphatic rings. The lowest BCUT2D eigenvalue weighted by Gasteiger charge is -2.42. The van der Waals surface area contributed by atoms with Crippen LogP contribution >= 0.6 is 0 Å². The number of hydroxylamine groups is 2. The molecule has 0 bridgehead atoms. The molecule has 0 aliphatic carbocycles. The molecule has 2 atom stereocenters. The smallest absolute Gasteiger partial charge is 0.136 e. The minimum atomic E-state index is -0.0426. The van der Waals surface area contributed by atoms with Crippen molar-refractivity contribution in [3.05, 3.63) is 0 Å². The summed E-state index contributed by atoms with van der Waals surface area (Å²) in [5.41, 5.74) is -0.0426. The van der Waals surface area contributed by atoms with Crippen molar-refractivity contribution in [2.45, 2.75) is 66.5 Å². The first kappa shape index (κ1) is 14.6. The van der Waals surface area contributed by atoms with Gasteiger partial charge in [0.25, 0.3) is 0 Å². The van der Waals surface area contributed by atoms with E-state index in [1.54, 1.807) is 0 Å². The van der Waals surface area contributed by atoms with E-state index in [1.165, 1.54) is 5.06 Å². The highest BCUT2D eigenvalue weighted by molar-refractivity contribution is 5.80. The van der Waals surface area contributed by atoms with Crippen LogP contribution in [0.2, 0.25) is 0 Å². The molecule has 3 heteroatoms. The monoisotopic (exact) mass is 215 g/mol. The van der Waals surface area contributed by atoms with Crippen LogP contribution < -0.4 is 0 Å². The lowest BCUT2D eigenvalue weighted by atomic mass is 9.80. The van der Waals surface area contributed by atoms with Crippen molar-refractivity contribution < 1.29 is 10.0 Å². The Labute approximate surface area is 93.4 Å². The summed E-state index contributed by atoms with van der Waals surface area (Å²) in [6.45, 7) is 12.0. The van der Waals surface area contributed by atoms with Crippen LogP contribution in [-0.4, -0.2) is 28.1 Å². The zero-order valence-corrected chi connectivity index (χ0v) is 10.9. The maximum absolute atomic E-state index is 11.3. The first-order valence-corrected chi connectivity index (χ1v) is 5.81. The van der Waals surface area contributed by atoms with Crippen molar-refractivity contribution >= 4 is 5.78 Å². The van der Waals surface area contributed by atoms with E-state index in [4.69, 9.17) is 0 Å². The minimum absolute atomic E-state index is 0.0366. The van der Waals surface area contributed by atoms with Crippen molar-refractivity contribution in [3.8, 4) is 0 Å². The zero-order valence-electron chi connectivity index (χ0n) is 10.9. The topological polar surface area (TPSA) is 40.5 Å². The predicted octanol–water partition coefficient (Wildman–Crippen LogP) is 2.87. The predicted molar refractivity (Wildman–Crippen MR) is 61.9 cm³/mol. The average Bonchev–Trinajstić information content (AvgIpc) is 2.13. The Morgan fingerprint density at radius 2 is 1.73 bits per heavy atom. The Morgan fingerprint density at radius 3 is 2.13 bits per heavy atom. The fourth-order valence-electron chi connectivity index (χ4n) is 1.83. The van der Waals surface area contributed by atoms with Crippen molar-refractivity contribution in [1.29, 1.82) is 0 Å². The van der Waals surface area contributed by atoms with Crippen LogP contribution in [0.4, 0.5) is 0 Å². The van der Waals surface area contributed by atoms with Crippen molar-refractivity contribution in [2.24, 2.45) is 5.41 Å². The zero-order chi connectivity index (χ0) is 12.2. The highest BCUT2D eigenvalue weighted by Crippen LogP contribution is 2.31. The molecule has 1 heterocycles. The second-order valence-corrected chi connectivity index (χ2v) is 5.06. The molecule has 1 rings (SSSR count). The van der Waals surface area contributed by atoms with E-state index >= 15 is 0 Å². The van der Waals surface area contributed by atoms with Gasteiger partial charge in [-0.1, -0.05) is 34.6 Å². The molecule has 15 heavy (non-hydrogen) atoms. The van der Waals surface area contributed by atoms with Gasteiger partial charge in [-0.05, 0) is 12.3 Å². The van der Waals surface area contributed by atoms with E-state index < -0.39 is 0 Å². The lowest BCUT2D eigenvalue weighted by Crippen LogP contribution is -2.51. The van der Waals surface area contributed by atoms with E-state index in [0.29, 0.717) is 12.8 Å². The summed E-state index contributed by atoms with van der Waals surface area (Å²) in [5, 5.41) is 11.1. The fraction of sp³-hybridized carbons (Fsp3) is 0.917. The Balaban J connectivity index is 0.000000921. The molecule has 0 spiro atoms. The maximum atomic E-state index is 11.3. The van der Waals surface area contributed by atoms with Crippen molar-refractivity contribution in [2.75, 3.05) is 0 Å². The Hall–Kier alpha value is -0.410. The molecule has 0 amide bonds. The first-order valence-electron chi connectivity index (χ1n) is 5.81. The number of carbonyl (C=O) groups is 1. The third kappa shape index (κ3) is 3.92. The SMILES string of the molecule is CC.CC1CC(=O)CC(C(C)(C)C)N1O. The number of piperidine rings is 1. The van der Waals surface area contributed by atoms with Crippen LogP contribution in [0.5, 0.6) is 0 Å². The van der Waals surface area contributed by atoms with Crippen molar-refractivity contribution in [3.63, 3.8) is 0 Å². The number of ketones is 1. The molecule has 1 N–H and O–H groups in total.